The Morgan fingerprint density at radius 3 is 2.71 bits per heavy atom. The average molecular weight is 236 g/mol. The molecule has 1 aliphatic heterocycles. The predicted octanol–water partition coefficient (Wildman–Crippen LogP) is -0.162. The van der Waals surface area contributed by atoms with Crippen LogP contribution in [0.2, 0.25) is 0 Å². The van der Waals surface area contributed by atoms with Gasteiger partial charge in [0.15, 0.2) is 0 Å². The van der Waals surface area contributed by atoms with Gasteiger partial charge in [0, 0.05) is 19.2 Å². The number of hydrogen-bond donors (Lipinski definition) is 1. The number of carbonyl (C=O) groups excluding carboxylic acids is 1. The summed E-state index contributed by atoms with van der Waals surface area (Å²) in [6, 6.07) is 2.76. The number of nitrogen functional groups attached to an aromatic ring is 1. The van der Waals surface area contributed by atoms with E-state index in [0.29, 0.717) is 0 Å². The fourth-order valence-corrected chi connectivity index (χ4v) is 1.95. The van der Waals surface area contributed by atoms with Crippen LogP contribution in [0.1, 0.15) is 19.3 Å². The Kier molecular flexibility index (Phi) is 3.41. The van der Waals surface area contributed by atoms with E-state index >= 15 is 0 Å². The molecule has 92 valence electrons. The number of nitrogens with two attached hydrogens (primary N) is 1. The monoisotopic (exact) mass is 236 g/mol. The Labute approximate surface area is 99.0 Å². The molecule has 6 heteroatoms. The maximum Gasteiger partial charge on any atom is 0.267 e. The lowest BCUT2D eigenvalue weighted by atomic mass is 10.1. The van der Waals surface area contributed by atoms with Crippen molar-refractivity contribution in [3.8, 4) is 0 Å². The van der Waals surface area contributed by atoms with Crippen molar-refractivity contribution in [1.82, 2.24) is 14.7 Å². The van der Waals surface area contributed by atoms with Crippen LogP contribution in [0.4, 0.5) is 5.82 Å². The molecule has 1 aromatic rings. The highest BCUT2D eigenvalue weighted by Gasteiger charge is 2.17. The number of anilines is 1. The van der Waals surface area contributed by atoms with Crippen LogP contribution >= 0.6 is 0 Å². The second kappa shape index (κ2) is 4.99. The van der Waals surface area contributed by atoms with Crippen molar-refractivity contribution in [2.45, 2.75) is 25.8 Å². The molecule has 1 fully saturated rings. The van der Waals surface area contributed by atoms with Gasteiger partial charge in [-0.15, -0.1) is 0 Å². The molecule has 17 heavy (non-hydrogen) atoms. The highest BCUT2D eigenvalue weighted by molar-refractivity contribution is 5.75. The van der Waals surface area contributed by atoms with Crippen molar-refractivity contribution in [1.29, 1.82) is 0 Å². The standard InChI is InChI=1S/C11H16N4O2/c12-9-4-5-10(16)15(13-9)8-11(17)14-6-2-1-3-7-14/h4-5H,1-3,6-8H2,(H2,12,13). The zero-order chi connectivity index (χ0) is 12.3. The fourth-order valence-electron chi connectivity index (χ4n) is 1.95. The summed E-state index contributed by atoms with van der Waals surface area (Å²) in [6.45, 7) is 1.52. The molecule has 0 radical (unpaired) electrons. The van der Waals surface area contributed by atoms with Crippen molar-refractivity contribution in [2.75, 3.05) is 18.8 Å². The number of piperidine rings is 1. The van der Waals surface area contributed by atoms with E-state index in [-0.39, 0.29) is 23.8 Å². The summed E-state index contributed by atoms with van der Waals surface area (Å²) in [5, 5.41) is 3.84. The van der Waals surface area contributed by atoms with E-state index in [0.717, 1.165) is 30.6 Å². The number of carbonyl (C=O) groups is 1. The van der Waals surface area contributed by atoms with E-state index < -0.39 is 0 Å². The number of amides is 1. The molecule has 2 rings (SSSR count). The van der Waals surface area contributed by atoms with Gasteiger partial charge >= 0.3 is 0 Å². The Bertz CT molecular complexity index is 463. The predicted molar refractivity (Wildman–Crippen MR) is 63.3 cm³/mol. The van der Waals surface area contributed by atoms with Gasteiger partial charge in [0.1, 0.15) is 12.4 Å². The molecule has 2 N–H and O–H groups in total. The second-order valence-electron chi connectivity index (χ2n) is 4.20. The summed E-state index contributed by atoms with van der Waals surface area (Å²) in [5.74, 6) is 0.181. The molecular weight excluding hydrogens is 220 g/mol. The van der Waals surface area contributed by atoms with Crippen molar-refractivity contribution in [3.05, 3.63) is 22.5 Å². The lowest BCUT2D eigenvalue weighted by molar-refractivity contribution is -0.133. The smallest absolute Gasteiger partial charge is 0.267 e. The first kappa shape index (κ1) is 11.6. The van der Waals surface area contributed by atoms with Gasteiger partial charge in [-0.3, -0.25) is 9.59 Å². The van der Waals surface area contributed by atoms with Gasteiger partial charge in [0.2, 0.25) is 5.91 Å². The highest BCUT2D eigenvalue weighted by Crippen LogP contribution is 2.08. The Balaban J connectivity index is 2.07. The first-order valence-electron chi connectivity index (χ1n) is 5.78. The molecular formula is C11H16N4O2. The van der Waals surface area contributed by atoms with Crippen LogP contribution in [0.5, 0.6) is 0 Å². The second-order valence-corrected chi connectivity index (χ2v) is 4.20. The molecule has 0 spiro atoms. The maximum absolute atomic E-state index is 11.9. The van der Waals surface area contributed by atoms with Crippen molar-refractivity contribution in [3.63, 3.8) is 0 Å². The summed E-state index contributed by atoms with van der Waals surface area (Å²) >= 11 is 0. The summed E-state index contributed by atoms with van der Waals surface area (Å²) in [6.07, 6.45) is 3.23. The molecule has 0 unspecified atom stereocenters. The molecule has 1 saturated heterocycles. The third kappa shape index (κ3) is 2.83. The lowest BCUT2D eigenvalue weighted by Crippen LogP contribution is -2.40. The van der Waals surface area contributed by atoms with Crippen molar-refractivity contribution < 1.29 is 4.79 Å². The molecule has 1 aromatic heterocycles. The number of hydrogen-bond acceptors (Lipinski definition) is 4. The van der Waals surface area contributed by atoms with Crippen LogP contribution < -0.4 is 11.3 Å². The van der Waals surface area contributed by atoms with E-state index in [9.17, 15) is 9.59 Å². The zero-order valence-electron chi connectivity index (χ0n) is 9.63. The number of rotatable bonds is 2. The summed E-state index contributed by atoms with van der Waals surface area (Å²) in [5.41, 5.74) is 5.18. The molecule has 0 atom stereocenters. The van der Waals surface area contributed by atoms with E-state index in [2.05, 4.69) is 5.10 Å². The molecule has 1 amide bonds. The highest BCUT2D eigenvalue weighted by atomic mass is 16.2. The van der Waals surface area contributed by atoms with Gasteiger partial charge in [0.25, 0.3) is 5.56 Å². The number of nitrogens with zero attached hydrogens (tertiary/aromatic N) is 3. The minimum absolute atomic E-state index is 0.0239. The molecule has 6 nitrogen and oxygen atoms in total. The number of likely N-dealkylation sites (tertiary alicyclic amines) is 1. The minimum atomic E-state index is -0.301. The summed E-state index contributed by atoms with van der Waals surface area (Å²) in [7, 11) is 0. The molecule has 0 aromatic carbocycles. The normalized spacial score (nSPS) is 15.9. The van der Waals surface area contributed by atoms with Crippen molar-refractivity contribution >= 4 is 11.7 Å². The van der Waals surface area contributed by atoms with Gasteiger partial charge in [0.05, 0.1) is 0 Å². The topological polar surface area (TPSA) is 81.2 Å². The Hall–Kier alpha value is -1.85. The van der Waals surface area contributed by atoms with E-state index in [1.807, 2.05) is 0 Å². The molecule has 0 saturated carbocycles. The quantitative estimate of drug-likeness (QED) is 0.773. The minimum Gasteiger partial charge on any atom is -0.382 e. The van der Waals surface area contributed by atoms with E-state index in [1.165, 1.54) is 18.6 Å². The first-order valence-corrected chi connectivity index (χ1v) is 5.78. The van der Waals surface area contributed by atoms with Crippen LogP contribution in [0.25, 0.3) is 0 Å². The van der Waals surface area contributed by atoms with Crippen LogP contribution in [0, 0.1) is 0 Å². The van der Waals surface area contributed by atoms with Gasteiger partial charge in [-0.05, 0) is 25.3 Å². The maximum atomic E-state index is 11.9. The zero-order valence-corrected chi connectivity index (χ0v) is 9.63. The SMILES string of the molecule is Nc1ccc(=O)n(CC(=O)N2CCCCC2)n1. The average Bonchev–Trinajstić information content (AvgIpc) is 2.35. The molecule has 2 heterocycles. The number of aromatic nitrogens is 2. The third-order valence-electron chi connectivity index (χ3n) is 2.88. The Morgan fingerprint density at radius 1 is 1.29 bits per heavy atom. The van der Waals surface area contributed by atoms with Gasteiger partial charge < -0.3 is 10.6 Å². The lowest BCUT2D eigenvalue weighted by Gasteiger charge is -2.26. The fraction of sp³-hybridized carbons (Fsp3) is 0.545. The van der Waals surface area contributed by atoms with Crippen LogP contribution in [-0.4, -0.2) is 33.7 Å². The van der Waals surface area contributed by atoms with Crippen LogP contribution in [-0.2, 0) is 11.3 Å². The summed E-state index contributed by atoms with van der Waals surface area (Å²) < 4.78 is 1.12. The van der Waals surface area contributed by atoms with Gasteiger partial charge in [-0.25, -0.2) is 4.68 Å². The van der Waals surface area contributed by atoms with Crippen molar-refractivity contribution in [2.24, 2.45) is 0 Å². The van der Waals surface area contributed by atoms with E-state index in [4.69, 9.17) is 5.73 Å². The molecule has 0 bridgehead atoms. The van der Waals surface area contributed by atoms with E-state index in [1.54, 1.807) is 4.90 Å². The first-order chi connectivity index (χ1) is 8.16. The van der Waals surface area contributed by atoms with Gasteiger partial charge in [-0.1, -0.05) is 0 Å². The molecule has 0 aliphatic carbocycles. The van der Waals surface area contributed by atoms with Crippen LogP contribution in [0.15, 0.2) is 16.9 Å². The van der Waals surface area contributed by atoms with Gasteiger partial charge in [-0.2, -0.15) is 5.10 Å². The largest absolute Gasteiger partial charge is 0.382 e. The Morgan fingerprint density at radius 2 is 2.00 bits per heavy atom. The van der Waals surface area contributed by atoms with Crippen LogP contribution in [0.3, 0.4) is 0 Å². The summed E-state index contributed by atoms with van der Waals surface area (Å²) in [4.78, 5) is 25.2. The molecule has 1 aliphatic rings. The third-order valence-corrected chi connectivity index (χ3v) is 2.88.